The fraction of sp³-hybridized carbons (Fsp3) is 0.111. The van der Waals surface area contributed by atoms with E-state index in [0.717, 1.165) is 23.3 Å². The van der Waals surface area contributed by atoms with Crippen LogP contribution in [0.25, 0.3) is 17.6 Å². The first-order chi connectivity index (χ1) is 14.5. The summed E-state index contributed by atoms with van der Waals surface area (Å²) in [5.41, 5.74) is 1.98. The van der Waals surface area contributed by atoms with Gasteiger partial charge in [-0.05, 0) is 30.3 Å². The molecule has 162 valence electrons. The van der Waals surface area contributed by atoms with Crippen molar-refractivity contribution in [1.29, 1.82) is 0 Å². The molecule has 31 heavy (non-hydrogen) atoms. The van der Waals surface area contributed by atoms with Crippen LogP contribution in [0.1, 0.15) is 11.1 Å². The van der Waals surface area contributed by atoms with Crippen LogP contribution >= 0.6 is 0 Å². The zero-order chi connectivity index (χ0) is 22.6. The number of nitrogens with one attached hydrogen (secondary N) is 2. The lowest BCUT2D eigenvalue weighted by atomic mass is 10.0. The van der Waals surface area contributed by atoms with Gasteiger partial charge in [0.15, 0.2) is 5.82 Å². The minimum Gasteiger partial charge on any atom is -0.297 e. The maximum Gasteiger partial charge on any atom is 0.416 e. The van der Waals surface area contributed by atoms with Crippen molar-refractivity contribution >= 4 is 17.8 Å². The van der Waals surface area contributed by atoms with Gasteiger partial charge in [0, 0.05) is 24.0 Å². The number of alkyl halides is 6. The van der Waals surface area contributed by atoms with Gasteiger partial charge in [-0.3, -0.25) is 20.6 Å². The van der Waals surface area contributed by atoms with E-state index in [9.17, 15) is 31.1 Å². The Kier molecular flexibility index (Phi) is 5.95. The molecule has 0 radical (unpaired) electrons. The number of halogens is 6. The van der Waals surface area contributed by atoms with E-state index in [4.69, 9.17) is 0 Å². The zero-order valence-corrected chi connectivity index (χ0v) is 15.2. The van der Waals surface area contributed by atoms with Crippen LogP contribution in [0, 0.1) is 0 Å². The molecule has 0 aliphatic heterocycles. The highest BCUT2D eigenvalue weighted by Gasteiger charge is 2.37. The van der Waals surface area contributed by atoms with E-state index in [2.05, 4.69) is 25.9 Å². The van der Waals surface area contributed by atoms with Gasteiger partial charge in [0.2, 0.25) is 0 Å². The molecule has 2 aromatic heterocycles. The molecular formula is C18H12F6N6O. The molecule has 7 nitrogen and oxygen atoms in total. The monoisotopic (exact) mass is 442 g/mol. The average Bonchev–Trinajstić information content (AvgIpc) is 3.19. The maximum absolute atomic E-state index is 13.0. The summed E-state index contributed by atoms with van der Waals surface area (Å²) in [6.45, 7) is 0. The quantitative estimate of drug-likeness (QED) is 0.355. The summed E-state index contributed by atoms with van der Waals surface area (Å²) in [5.74, 6) is -0.991. The Bertz CT molecular complexity index is 1060. The number of aromatic nitrogens is 4. The van der Waals surface area contributed by atoms with Crippen LogP contribution in [0.4, 0.5) is 32.0 Å². The highest BCUT2D eigenvalue weighted by atomic mass is 19.4. The van der Waals surface area contributed by atoms with E-state index < -0.39 is 35.0 Å². The van der Waals surface area contributed by atoms with Crippen LogP contribution in [0.5, 0.6) is 0 Å². The minimum absolute atomic E-state index is 0.0139. The molecule has 2 N–H and O–H groups in total. The molecule has 13 heteroatoms. The van der Waals surface area contributed by atoms with E-state index >= 15 is 0 Å². The standard InChI is InChI=1S/C18H12F6N6O/c19-17(20,21)12-6-11(7-13(8-12)18(22,23)24)16-26-10-30(29-16)5-3-15(31)28-27-14-2-1-4-25-9-14/h1-10,27H,(H,28,31)/b5-3-. The summed E-state index contributed by atoms with van der Waals surface area (Å²) in [7, 11) is 0. The number of carbonyl (C=O) groups excluding carboxylic acids is 1. The molecule has 2 heterocycles. The molecule has 1 aromatic carbocycles. The van der Waals surface area contributed by atoms with Crippen LogP contribution in [0.3, 0.4) is 0 Å². The number of hydrogen-bond acceptors (Lipinski definition) is 5. The molecule has 0 aliphatic carbocycles. The van der Waals surface area contributed by atoms with Crippen LogP contribution in [-0.2, 0) is 17.1 Å². The lowest BCUT2D eigenvalue weighted by Crippen LogP contribution is -2.27. The summed E-state index contributed by atoms with van der Waals surface area (Å²) < 4.78 is 78.9. The van der Waals surface area contributed by atoms with Crippen LogP contribution in [-0.4, -0.2) is 25.7 Å². The number of hydrogen-bond donors (Lipinski definition) is 2. The van der Waals surface area contributed by atoms with Gasteiger partial charge < -0.3 is 0 Å². The van der Waals surface area contributed by atoms with E-state index in [1.54, 1.807) is 12.1 Å². The number of pyridine rings is 1. The number of anilines is 1. The highest BCUT2D eigenvalue weighted by molar-refractivity contribution is 5.90. The van der Waals surface area contributed by atoms with Gasteiger partial charge in [-0.1, -0.05) is 0 Å². The second kappa shape index (κ2) is 8.45. The lowest BCUT2D eigenvalue weighted by Gasteiger charge is -2.13. The van der Waals surface area contributed by atoms with E-state index in [-0.39, 0.29) is 11.9 Å². The van der Waals surface area contributed by atoms with E-state index in [1.807, 2.05) is 0 Å². The molecule has 0 spiro atoms. The van der Waals surface area contributed by atoms with Crippen molar-refractivity contribution < 1.29 is 31.1 Å². The number of hydrazine groups is 1. The van der Waals surface area contributed by atoms with E-state index in [0.29, 0.717) is 17.8 Å². The van der Waals surface area contributed by atoms with Gasteiger partial charge in [0.1, 0.15) is 6.33 Å². The van der Waals surface area contributed by atoms with E-state index in [1.165, 1.54) is 12.4 Å². The van der Waals surface area contributed by atoms with Crippen LogP contribution in [0.2, 0.25) is 0 Å². The van der Waals surface area contributed by atoms with Crippen LogP contribution < -0.4 is 10.9 Å². The first kappa shape index (κ1) is 21.8. The number of rotatable bonds is 5. The molecule has 0 saturated heterocycles. The van der Waals surface area contributed by atoms with Crippen molar-refractivity contribution in [2.75, 3.05) is 5.43 Å². The number of carbonyl (C=O) groups is 1. The summed E-state index contributed by atoms with van der Waals surface area (Å²) in [5, 5.41) is 3.79. The van der Waals surface area contributed by atoms with Crippen molar-refractivity contribution in [3.05, 3.63) is 66.3 Å². The molecule has 1 amide bonds. The third kappa shape index (κ3) is 5.81. The first-order valence-corrected chi connectivity index (χ1v) is 8.37. The lowest BCUT2D eigenvalue weighted by molar-refractivity contribution is -0.143. The zero-order valence-electron chi connectivity index (χ0n) is 15.2. The van der Waals surface area contributed by atoms with Crippen molar-refractivity contribution in [3.8, 4) is 11.4 Å². The summed E-state index contributed by atoms with van der Waals surface area (Å²) >= 11 is 0. The normalized spacial score (nSPS) is 12.2. The fourth-order valence-corrected chi connectivity index (χ4v) is 2.32. The summed E-state index contributed by atoms with van der Waals surface area (Å²) in [6, 6.07) is 4.33. The third-order valence-electron chi connectivity index (χ3n) is 3.72. The Morgan fingerprint density at radius 1 is 1.03 bits per heavy atom. The number of amides is 1. The Balaban J connectivity index is 1.77. The highest BCUT2D eigenvalue weighted by Crippen LogP contribution is 2.38. The van der Waals surface area contributed by atoms with Crippen molar-refractivity contribution in [1.82, 2.24) is 25.2 Å². The maximum atomic E-state index is 13.0. The van der Waals surface area contributed by atoms with Crippen molar-refractivity contribution in [2.45, 2.75) is 12.4 Å². The SMILES string of the molecule is O=C(/C=C\n1cnc(-c2cc(C(F)(F)F)cc(C(F)(F)F)c2)n1)NNc1cccnc1. The summed E-state index contributed by atoms with van der Waals surface area (Å²) in [6.07, 6.45) is -3.81. The molecule has 3 aromatic rings. The topological polar surface area (TPSA) is 84.7 Å². The Morgan fingerprint density at radius 3 is 2.29 bits per heavy atom. The molecule has 0 aliphatic rings. The minimum atomic E-state index is -4.99. The Labute approximate surface area is 170 Å². The summed E-state index contributed by atoms with van der Waals surface area (Å²) in [4.78, 5) is 19.3. The molecule has 0 atom stereocenters. The van der Waals surface area contributed by atoms with Gasteiger partial charge in [0.25, 0.3) is 5.91 Å². The number of benzene rings is 1. The molecule has 0 bridgehead atoms. The van der Waals surface area contributed by atoms with Gasteiger partial charge in [0.05, 0.1) is 23.0 Å². The molecule has 0 unspecified atom stereocenters. The number of nitrogens with zero attached hydrogens (tertiary/aromatic N) is 4. The molecular weight excluding hydrogens is 430 g/mol. The van der Waals surface area contributed by atoms with Crippen LogP contribution in [0.15, 0.2) is 55.1 Å². The Hall–Kier alpha value is -3.90. The molecule has 3 rings (SSSR count). The molecule has 0 fully saturated rings. The van der Waals surface area contributed by atoms with Gasteiger partial charge >= 0.3 is 12.4 Å². The predicted octanol–water partition coefficient (Wildman–Crippen LogP) is 3.99. The second-order valence-corrected chi connectivity index (χ2v) is 6.01. The second-order valence-electron chi connectivity index (χ2n) is 6.01. The fourth-order valence-electron chi connectivity index (χ4n) is 2.32. The smallest absolute Gasteiger partial charge is 0.297 e. The Morgan fingerprint density at radius 2 is 1.71 bits per heavy atom. The van der Waals surface area contributed by atoms with Crippen molar-refractivity contribution in [2.24, 2.45) is 0 Å². The molecule has 0 saturated carbocycles. The first-order valence-electron chi connectivity index (χ1n) is 8.37. The van der Waals surface area contributed by atoms with Gasteiger partial charge in [-0.2, -0.15) is 26.3 Å². The predicted molar refractivity (Wildman–Crippen MR) is 96.8 cm³/mol. The third-order valence-corrected chi connectivity index (χ3v) is 3.72. The van der Waals surface area contributed by atoms with Gasteiger partial charge in [-0.25, -0.2) is 9.67 Å². The largest absolute Gasteiger partial charge is 0.416 e. The van der Waals surface area contributed by atoms with Gasteiger partial charge in [-0.15, -0.1) is 5.10 Å². The average molecular weight is 442 g/mol. The van der Waals surface area contributed by atoms with Crippen molar-refractivity contribution in [3.63, 3.8) is 0 Å².